The molecular formula is C11H23NO. The summed E-state index contributed by atoms with van der Waals surface area (Å²) in [4.78, 5) is 0. The Balaban J connectivity index is 2.30. The third-order valence-corrected chi connectivity index (χ3v) is 3.15. The standard InChI is InChI=1S/C11H23NO/c1-9(11(2,3)13)12-10-7-5-4-6-8-10/h9-10,12-13H,4-8H2,1-3H3. The summed E-state index contributed by atoms with van der Waals surface area (Å²) in [5.74, 6) is 0. The van der Waals surface area contributed by atoms with Crippen molar-refractivity contribution in [3.8, 4) is 0 Å². The van der Waals surface area contributed by atoms with Crippen LogP contribution in [0.2, 0.25) is 0 Å². The van der Waals surface area contributed by atoms with Gasteiger partial charge in [-0.05, 0) is 33.6 Å². The minimum Gasteiger partial charge on any atom is -0.389 e. The van der Waals surface area contributed by atoms with Crippen molar-refractivity contribution >= 4 is 0 Å². The second kappa shape index (κ2) is 4.43. The molecule has 78 valence electrons. The van der Waals surface area contributed by atoms with Crippen LogP contribution in [-0.4, -0.2) is 22.8 Å². The monoisotopic (exact) mass is 185 g/mol. The maximum atomic E-state index is 9.75. The van der Waals surface area contributed by atoms with Crippen molar-refractivity contribution in [2.24, 2.45) is 0 Å². The molecule has 0 aliphatic heterocycles. The van der Waals surface area contributed by atoms with Gasteiger partial charge in [-0.2, -0.15) is 0 Å². The highest BCUT2D eigenvalue weighted by atomic mass is 16.3. The molecule has 2 N–H and O–H groups in total. The number of hydrogen-bond donors (Lipinski definition) is 2. The molecule has 2 heteroatoms. The van der Waals surface area contributed by atoms with Gasteiger partial charge in [0.1, 0.15) is 0 Å². The van der Waals surface area contributed by atoms with E-state index in [-0.39, 0.29) is 6.04 Å². The molecule has 0 aromatic heterocycles. The van der Waals surface area contributed by atoms with Crippen LogP contribution in [0.3, 0.4) is 0 Å². The average molecular weight is 185 g/mol. The smallest absolute Gasteiger partial charge is 0.0741 e. The molecule has 1 atom stereocenters. The SMILES string of the molecule is CC(NC1CCCCC1)C(C)(C)O. The predicted octanol–water partition coefficient (Wildman–Crippen LogP) is 2.07. The van der Waals surface area contributed by atoms with Crippen molar-refractivity contribution in [3.05, 3.63) is 0 Å². The van der Waals surface area contributed by atoms with Gasteiger partial charge >= 0.3 is 0 Å². The maximum absolute atomic E-state index is 9.75. The second-order valence-electron chi connectivity index (χ2n) is 4.88. The minimum absolute atomic E-state index is 0.190. The highest BCUT2D eigenvalue weighted by molar-refractivity contribution is 4.84. The van der Waals surface area contributed by atoms with Crippen LogP contribution in [0.25, 0.3) is 0 Å². The molecule has 1 unspecified atom stereocenters. The van der Waals surface area contributed by atoms with Crippen molar-refractivity contribution in [1.82, 2.24) is 5.32 Å². The van der Waals surface area contributed by atoms with Crippen LogP contribution in [0, 0.1) is 0 Å². The fraction of sp³-hybridized carbons (Fsp3) is 1.00. The van der Waals surface area contributed by atoms with Crippen molar-refractivity contribution < 1.29 is 5.11 Å². The van der Waals surface area contributed by atoms with E-state index in [9.17, 15) is 5.11 Å². The molecule has 1 rings (SSSR count). The van der Waals surface area contributed by atoms with E-state index in [1.54, 1.807) is 0 Å². The quantitative estimate of drug-likeness (QED) is 0.705. The molecule has 0 aromatic rings. The van der Waals surface area contributed by atoms with E-state index < -0.39 is 5.60 Å². The summed E-state index contributed by atoms with van der Waals surface area (Å²) in [5, 5.41) is 13.3. The molecule has 0 amide bonds. The number of nitrogens with one attached hydrogen (secondary N) is 1. The van der Waals surface area contributed by atoms with Crippen LogP contribution in [0.5, 0.6) is 0 Å². The lowest BCUT2D eigenvalue weighted by Gasteiger charge is -2.32. The minimum atomic E-state index is -0.600. The Bertz CT molecular complexity index is 145. The van der Waals surface area contributed by atoms with Gasteiger partial charge in [0.2, 0.25) is 0 Å². The zero-order valence-electron chi connectivity index (χ0n) is 9.14. The zero-order valence-corrected chi connectivity index (χ0v) is 9.14. The summed E-state index contributed by atoms with van der Waals surface area (Å²) in [6, 6.07) is 0.825. The van der Waals surface area contributed by atoms with Gasteiger partial charge in [0.25, 0.3) is 0 Å². The Morgan fingerprint density at radius 1 is 1.23 bits per heavy atom. The van der Waals surface area contributed by atoms with Gasteiger partial charge in [0.05, 0.1) is 5.60 Å². The second-order valence-corrected chi connectivity index (χ2v) is 4.88. The van der Waals surface area contributed by atoms with Crippen LogP contribution in [0.1, 0.15) is 52.9 Å². The first kappa shape index (κ1) is 11.0. The topological polar surface area (TPSA) is 32.3 Å². The van der Waals surface area contributed by atoms with Crippen LogP contribution in [0.4, 0.5) is 0 Å². The normalized spacial score (nSPS) is 23.1. The first-order valence-corrected chi connectivity index (χ1v) is 5.48. The molecule has 13 heavy (non-hydrogen) atoms. The summed E-state index contributed by atoms with van der Waals surface area (Å²) in [5.41, 5.74) is -0.600. The lowest BCUT2D eigenvalue weighted by atomic mass is 9.92. The van der Waals surface area contributed by atoms with E-state index >= 15 is 0 Å². The first-order valence-electron chi connectivity index (χ1n) is 5.48. The van der Waals surface area contributed by atoms with Crippen molar-refractivity contribution in [3.63, 3.8) is 0 Å². The molecule has 0 spiro atoms. The highest BCUT2D eigenvalue weighted by Crippen LogP contribution is 2.19. The number of aliphatic hydroxyl groups is 1. The van der Waals surface area contributed by atoms with Crippen LogP contribution in [-0.2, 0) is 0 Å². The van der Waals surface area contributed by atoms with Crippen molar-refractivity contribution in [1.29, 1.82) is 0 Å². The molecule has 0 saturated heterocycles. The van der Waals surface area contributed by atoms with E-state index in [4.69, 9.17) is 0 Å². The number of hydrogen-bond acceptors (Lipinski definition) is 2. The van der Waals surface area contributed by atoms with E-state index in [1.165, 1.54) is 32.1 Å². The Morgan fingerprint density at radius 2 is 1.77 bits per heavy atom. The van der Waals surface area contributed by atoms with Gasteiger partial charge in [-0.1, -0.05) is 19.3 Å². The van der Waals surface area contributed by atoms with Gasteiger partial charge in [-0.3, -0.25) is 0 Å². The predicted molar refractivity (Wildman–Crippen MR) is 55.8 cm³/mol. The summed E-state index contributed by atoms with van der Waals surface area (Å²) < 4.78 is 0. The first-order chi connectivity index (χ1) is 6.00. The molecule has 1 aliphatic rings. The average Bonchev–Trinajstić information content (AvgIpc) is 2.04. The van der Waals surface area contributed by atoms with E-state index in [0.717, 1.165) is 0 Å². The lowest BCUT2D eigenvalue weighted by Crippen LogP contribution is -2.49. The Morgan fingerprint density at radius 3 is 2.23 bits per heavy atom. The van der Waals surface area contributed by atoms with Gasteiger partial charge in [0, 0.05) is 12.1 Å². The summed E-state index contributed by atoms with van der Waals surface area (Å²) >= 11 is 0. The Hall–Kier alpha value is -0.0800. The van der Waals surface area contributed by atoms with Crippen molar-refractivity contribution in [2.45, 2.75) is 70.6 Å². The molecular weight excluding hydrogens is 162 g/mol. The Kier molecular flexibility index (Phi) is 3.74. The van der Waals surface area contributed by atoms with Gasteiger partial charge < -0.3 is 10.4 Å². The molecule has 0 aromatic carbocycles. The summed E-state index contributed by atoms with van der Waals surface area (Å²) in [6.45, 7) is 5.80. The third kappa shape index (κ3) is 3.65. The van der Waals surface area contributed by atoms with E-state index in [2.05, 4.69) is 12.2 Å². The molecule has 1 fully saturated rings. The molecule has 0 radical (unpaired) electrons. The summed E-state index contributed by atoms with van der Waals surface area (Å²) in [7, 11) is 0. The molecule has 2 nitrogen and oxygen atoms in total. The molecule has 1 aliphatic carbocycles. The largest absolute Gasteiger partial charge is 0.389 e. The van der Waals surface area contributed by atoms with E-state index in [0.29, 0.717) is 6.04 Å². The van der Waals surface area contributed by atoms with E-state index in [1.807, 2.05) is 13.8 Å². The van der Waals surface area contributed by atoms with Crippen LogP contribution < -0.4 is 5.32 Å². The molecule has 0 heterocycles. The lowest BCUT2D eigenvalue weighted by molar-refractivity contribution is 0.0377. The van der Waals surface area contributed by atoms with Gasteiger partial charge in [0.15, 0.2) is 0 Å². The maximum Gasteiger partial charge on any atom is 0.0741 e. The highest BCUT2D eigenvalue weighted by Gasteiger charge is 2.25. The fourth-order valence-electron chi connectivity index (χ4n) is 1.83. The van der Waals surface area contributed by atoms with Crippen LogP contribution in [0.15, 0.2) is 0 Å². The van der Waals surface area contributed by atoms with Gasteiger partial charge in [-0.15, -0.1) is 0 Å². The number of rotatable bonds is 3. The zero-order chi connectivity index (χ0) is 9.90. The Labute approximate surface area is 81.7 Å². The van der Waals surface area contributed by atoms with Gasteiger partial charge in [-0.25, -0.2) is 0 Å². The molecule has 0 bridgehead atoms. The summed E-state index contributed by atoms with van der Waals surface area (Å²) in [6.07, 6.45) is 6.63. The van der Waals surface area contributed by atoms with Crippen molar-refractivity contribution in [2.75, 3.05) is 0 Å². The molecule has 1 saturated carbocycles. The fourth-order valence-corrected chi connectivity index (χ4v) is 1.83. The van der Waals surface area contributed by atoms with Crippen LogP contribution >= 0.6 is 0 Å². The third-order valence-electron chi connectivity index (χ3n) is 3.15.